The summed E-state index contributed by atoms with van der Waals surface area (Å²) in [6.45, 7) is 7.56. The van der Waals surface area contributed by atoms with Crippen LogP contribution >= 0.6 is 0 Å². The molecule has 1 aromatic heterocycles. The Kier molecular flexibility index (Phi) is 4.31. The number of carbonyl (C=O) groups excluding carboxylic acids is 1. The minimum Gasteiger partial charge on any atom is -0.379 e. The van der Waals surface area contributed by atoms with Gasteiger partial charge in [0, 0.05) is 44.0 Å². The molecule has 5 nitrogen and oxygen atoms in total. The summed E-state index contributed by atoms with van der Waals surface area (Å²) in [6.07, 6.45) is 6.32. The number of hydrogen-bond acceptors (Lipinski definition) is 3. The largest absolute Gasteiger partial charge is 0.379 e. The van der Waals surface area contributed by atoms with Crippen molar-refractivity contribution in [3.8, 4) is 0 Å². The van der Waals surface area contributed by atoms with Crippen molar-refractivity contribution in [1.82, 2.24) is 14.8 Å². The van der Waals surface area contributed by atoms with E-state index in [1.165, 1.54) is 12.8 Å². The smallest absolute Gasteiger partial charge is 0.242 e. The molecule has 2 heterocycles. The highest BCUT2D eigenvalue weighted by Crippen LogP contribution is 2.45. The molecule has 0 radical (unpaired) electrons. The van der Waals surface area contributed by atoms with Gasteiger partial charge in [-0.25, -0.2) is 0 Å². The maximum atomic E-state index is 12.2. The number of ether oxygens (including phenoxy) is 1. The molecule has 1 atom stereocenters. The summed E-state index contributed by atoms with van der Waals surface area (Å²) < 4.78 is 7.33. The molecule has 1 aliphatic heterocycles. The SMILES string of the molecule is CC(C(=O)NCC1(CN2CCOCC2)CC1)n1cccc1. The van der Waals surface area contributed by atoms with Crippen LogP contribution in [0, 0.1) is 5.41 Å². The van der Waals surface area contributed by atoms with Crippen molar-refractivity contribution < 1.29 is 9.53 Å². The van der Waals surface area contributed by atoms with Gasteiger partial charge in [0.25, 0.3) is 0 Å². The van der Waals surface area contributed by atoms with Crippen LogP contribution in [0.15, 0.2) is 24.5 Å². The van der Waals surface area contributed by atoms with Gasteiger partial charge in [0.1, 0.15) is 6.04 Å². The summed E-state index contributed by atoms with van der Waals surface area (Å²) in [7, 11) is 0. The average Bonchev–Trinajstić information content (AvgIpc) is 3.05. The zero-order valence-corrected chi connectivity index (χ0v) is 12.8. The lowest BCUT2D eigenvalue weighted by Crippen LogP contribution is -2.43. The highest BCUT2D eigenvalue weighted by molar-refractivity contribution is 5.79. The zero-order chi connectivity index (χ0) is 14.7. The fraction of sp³-hybridized carbons (Fsp3) is 0.688. The molecule has 1 unspecified atom stereocenters. The van der Waals surface area contributed by atoms with Gasteiger partial charge in [-0.2, -0.15) is 0 Å². The lowest BCUT2D eigenvalue weighted by molar-refractivity contribution is -0.124. The van der Waals surface area contributed by atoms with E-state index in [0.717, 1.165) is 39.4 Å². The molecule has 2 fully saturated rings. The molecule has 3 rings (SSSR count). The molecule has 1 aromatic rings. The predicted molar refractivity (Wildman–Crippen MR) is 81.1 cm³/mol. The molecular formula is C16H25N3O2. The topological polar surface area (TPSA) is 46.5 Å². The molecule has 1 N–H and O–H groups in total. The number of hydrogen-bond donors (Lipinski definition) is 1. The van der Waals surface area contributed by atoms with Crippen LogP contribution in [0.25, 0.3) is 0 Å². The lowest BCUT2D eigenvalue weighted by atomic mass is 10.1. The first-order chi connectivity index (χ1) is 10.2. The van der Waals surface area contributed by atoms with Crippen molar-refractivity contribution in [2.24, 2.45) is 5.41 Å². The molecule has 2 aliphatic rings. The molecule has 0 bridgehead atoms. The van der Waals surface area contributed by atoms with Gasteiger partial charge in [-0.1, -0.05) is 0 Å². The molecule has 5 heteroatoms. The van der Waals surface area contributed by atoms with Crippen molar-refractivity contribution >= 4 is 5.91 Å². The molecule has 21 heavy (non-hydrogen) atoms. The third-order valence-corrected chi connectivity index (χ3v) is 4.71. The van der Waals surface area contributed by atoms with Crippen molar-refractivity contribution in [3.63, 3.8) is 0 Å². The van der Waals surface area contributed by atoms with Gasteiger partial charge < -0.3 is 14.6 Å². The van der Waals surface area contributed by atoms with Crippen LogP contribution in [0.3, 0.4) is 0 Å². The Hall–Kier alpha value is -1.33. The van der Waals surface area contributed by atoms with Gasteiger partial charge in [-0.15, -0.1) is 0 Å². The van der Waals surface area contributed by atoms with Gasteiger partial charge in [-0.3, -0.25) is 9.69 Å². The number of rotatable bonds is 6. The van der Waals surface area contributed by atoms with Gasteiger partial charge in [-0.05, 0) is 31.9 Å². The Morgan fingerprint density at radius 1 is 1.29 bits per heavy atom. The molecule has 0 spiro atoms. The first kappa shape index (κ1) is 14.6. The fourth-order valence-electron chi connectivity index (χ4n) is 2.96. The standard InChI is InChI=1S/C16H25N3O2/c1-14(19-6-2-3-7-19)15(20)17-12-16(4-5-16)13-18-8-10-21-11-9-18/h2-3,6-7,14H,4-5,8-13H2,1H3,(H,17,20). The van der Waals surface area contributed by atoms with Crippen LogP contribution in [-0.2, 0) is 9.53 Å². The summed E-state index contributed by atoms with van der Waals surface area (Å²) in [4.78, 5) is 14.7. The molecule has 1 saturated heterocycles. The van der Waals surface area contributed by atoms with E-state index in [1.54, 1.807) is 0 Å². The molecule has 0 aromatic carbocycles. The van der Waals surface area contributed by atoms with E-state index in [1.807, 2.05) is 36.0 Å². The Morgan fingerprint density at radius 2 is 1.95 bits per heavy atom. The van der Waals surface area contributed by atoms with Gasteiger partial charge in [0.05, 0.1) is 13.2 Å². The molecule has 116 valence electrons. The monoisotopic (exact) mass is 291 g/mol. The van der Waals surface area contributed by atoms with Crippen LogP contribution in [0.2, 0.25) is 0 Å². The first-order valence-electron chi connectivity index (χ1n) is 7.89. The summed E-state index contributed by atoms with van der Waals surface area (Å²) in [5.74, 6) is 0.111. The lowest BCUT2D eigenvalue weighted by Gasteiger charge is -2.30. The minimum atomic E-state index is -0.140. The van der Waals surface area contributed by atoms with E-state index in [0.29, 0.717) is 5.41 Å². The van der Waals surface area contributed by atoms with Crippen LogP contribution in [0.1, 0.15) is 25.8 Å². The van der Waals surface area contributed by atoms with Crippen molar-refractivity contribution in [3.05, 3.63) is 24.5 Å². The Morgan fingerprint density at radius 3 is 2.57 bits per heavy atom. The average molecular weight is 291 g/mol. The summed E-state index contributed by atoms with van der Waals surface area (Å²) in [6, 6.07) is 3.76. The van der Waals surface area contributed by atoms with Crippen molar-refractivity contribution in [2.45, 2.75) is 25.8 Å². The van der Waals surface area contributed by atoms with Crippen LogP contribution in [0.4, 0.5) is 0 Å². The van der Waals surface area contributed by atoms with Crippen LogP contribution in [0.5, 0.6) is 0 Å². The van der Waals surface area contributed by atoms with E-state index in [9.17, 15) is 4.79 Å². The van der Waals surface area contributed by atoms with Gasteiger partial charge in [0.2, 0.25) is 5.91 Å². The second-order valence-electron chi connectivity index (χ2n) is 6.41. The van der Waals surface area contributed by atoms with Crippen molar-refractivity contribution in [1.29, 1.82) is 0 Å². The van der Waals surface area contributed by atoms with E-state index in [-0.39, 0.29) is 11.9 Å². The maximum Gasteiger partial charge on any atom is 0.242 e. The number of nitrogens with one attached hydrogen (secondary N) is 1. The highest BCUT2D eigenvalue weighted by atomic mass is 16.5. The van der Waals surface area contributed by atoms with E-state index in [2.05, 4.69) is 10.2 Å². The van der Waals surface area contributed by atoms with E-state index in [4.69, 9.17) is 4.74 Å². The number of amides is 1. The first-order valence-corrected chi connectivity index (χ1v) is 7.89. The van der Waals surface area contributed by atoms with E-state index < -0.39 is 0 Å². The highest BCUT2D eigenvalue weighted by Gasteiger charge is 2.44. The number of nitrogens with zero attached hydrogens (tertiary/aromatic N) is 2. The van der Waals surface area contributed by atoms with Crippen LogP contribution in [-0.4, -0.2) is 54.8 Å². The summed E-state index contributed by atoms with van der Waals surface area (Å²) in [5, 5.41) is 3.15. The number of aromatic nitrogens is 1. The molecule has 1 aliphatic carbocycles. The second-order valence-corrected chi connectivity index (χ2v) is 6.41. The molecule has 1 saturated carbocycles. The Bertz CT molecular complexity index is 462. The Balaban J connectivity index is 1.46. The fourth-order valence-corrected chi connectivity index (χ4v) is 2.96. The third-order valence-electron chi connectivity index (χ3n) is 4.71. The predicted octanol–water partition coefficient (Wildman–Crippen LogP) is 1.28. The summed E-state index contributed by atoms with van der Waals surface area (Å²) in [5.41, 5.74) is 0.309. The normalized spacial score (nSPS) is 22.7. The Labute approximate surface area is 126 Å². The number of morpholine rings is 1. The maximum absolute atomic E-state index is 12.2. The summed E-state index contributed by atoms with van der Waals surface area (Å²) >= 11 is 0. The zero-order valence-electron chi connectivity index (χ0n) is 12.8. The number of carbonyl (C=O) groups is 1. The second kappa shape index (κ2) is 6.20. The third kappa shape index (κ3) is 3.66. The quantitative estimate of drug-likeness (QED) is 0.859. The van der Waals surface area contributed by atoms with Gasteiger partial charge >= 0.3 is 0 Å². The minimum absolute atomic E-state index is 0.111. The van der Waals surface area contributed by atoms with Crippen LogP contribution < -0.4 is 5.32 Å². The molecular weight excluding hydrogens is 266 g/mol. The van der Waals surface area contributed by atoms with Gasteiger partial charge in [0.15, 0.2) is 0 Å². The van der Waals surface area contributed by atoms with E-state index >= 15 is 0 Å². The van der Waals surface area contributed by atoms with Crippen molar-refractivity contribution in [2.75, 3.05) is 39.4 Å². The molecule has 1 amide bonds.